The summed E-state index contributed by atoms with van der Waals surface area (Å²) in [6, 6.07) is 3.59. The molecule has 0 aliphatic carbocycles. The molecule has 0 aliphatic rings. The van der Waals surface area contributed by atoms with Gasteiger partial charge in [0.1, 0.15) is 5.82 Å². The summed E-state index contributed by atoms with van der Waals surface area (Å²) >= 11 is 0. The summed E-state index contributed by atoms with van der Waals surface area (Å²) in [7, 11) is -0.796. The number of hydrogen-bond donors (Lipinski definition) is 2. The van der Waals surface area contributed by atoms with Crippen molar-refractivity contribution < 1.29 is 4.21 Å². The van der Waals surface area contributed by atoms with Crippen molar-refractivity contribution >= 4 is 22.3 Å². The maximum atomic E-state index is 11.1. The first-order chi connectivity index (χ1) is 6.59. The second-order valence-electron chi connectivity index (χ2n) is 3.16. The fourth-order valence-electron chi connectivity index (χ4n) is 0.889. The lowest BCUT2D eigenvalue weighted by Gasteiger charge is -2.10. The molecule has 3 N–H and O–H groups in total. The van der Waals surface area contributed by atoms with Gasteiger partial charge in [0.15, 0.2) is 0 Å². The van der Waals surface area contributed by atoms with Crippen LogP contribution in [0.25, 0.3) is 0 Å². The van der Waals surface area contributed by atoms with Gasteiger partial charge in [-0.25, -0.2) is 4.98 Å². The monoisotopic (exact) mass is 213 g/mol. The third kappa shape index (κ3) is 3.33. The second kappa shape index (κ2) is 4.95. The van der Waals surface area contributed by atoms with Crippen molar-refractivity contribution in [2.45, 2.75) is 12.2 Å². The Hall–Kier alpha value is -1.10. The number of rotatable bonds is 4. The molecule has 0 radical (unpaired) electrons. The van der Waals surface area contributed by atoms with Gasteiger partial charge in [-0.2, -0.15) is 0 Å². The van der Waals surface area contributed by atoms with E-state index in [0.717, 1.165) is 5.69 Å². The number of hydrogen-bond acceptors (Lipinski definition) is 4. The molecular weight excluding hydrogens is 198 g/mol. The van der Waals surface area contributed by atoms with Crippen LogP contribution in [-0.4, -0.2) is 27.2 Å². The molecule has 0 bridgehead atoms. The smallest absolute Gasteiger partial charge is 0.123 e. The third-order valence-electron chi connectivity index (χ3n) is 1.95. The van der Waals surface area contributed by atoms with Crippen molar-refractivity contribution in [1.82, 2.24) is 4.98 Å². The minimum absolute atomic E-state index is 0.132. The van der Waals surface area contributed by atoms with E-state index in [0.29, 0.717) is 12.4 Å². The molecule has 4 nitrogen and oxygen atoms in total. The SMILES string of the molecule is CC(CNc1ccc(N)nc1)S(C)=O. The van der Waals surface area contributed by atoms with Gasteiger partial charge in [0, 0.05) is 28.9 Å². The van der Waals surface area contributed by atoms with Gasteiger partial charge in [0.25, 0.3) is 0 Å². The van der Waals surface area contributed by atoms with Gasteiger partial charge in [-0.15, -0.1) is 0 Å². The van der Waals surface area contributed by atoms with Gasteiger partial charge in [0.05, 0.1) is 11.9 Å². The van der Waals surface area contributed by atoms with E-state index in [-0.39, 0.29) is 5.25 Å². The van der Waals surface area contributed by atoms with Crippen LogP contribution in [0.5, 0.6) is 0 Å². The zero-order valence-electron chi connectivity index (χ0n) is 8.36. The van der Waals surface area contributed by atoms with Gasteiger partial charge >= 0.3 is 0 Å². The Morgan fingerprint density at radius 2 is 2.36 bits per heavy atom. The molecule has 0 aliphatic heterocycles. The molecule has 0 saturated carbocycles. The average molecular weight is 213 g/mol. The average Bonchev–Trinajstić information content (AvgIpc) is 2.16. The minimum atomic E-state index is -0.796. The molecule has 2 unspecified atom stereocenters. The quantitative estimate of drug-likeness (QED) is 0.778. The van der Waals surface area contributed by atoms with Crippen molar-refractivity contribution in [2.24, 2.45) is 0 Å². The van der Waals surface area contributed by atoms with Crippen molar-refractivity contribution in [3.05, 3.63) is 18.3 Å². The van der Waals surface area contributed by atoms with Crippen LogP contribution < -0.4 is 11.1 Å². The predicted octanol–water partition coefficient (Wildman–Crippen LogP) is 0.843. The Kier molecular flexibility index (Phi) is 3.88. The molecule has 1 heterocycles. The van der Waals surface area contributed by atoms with E-state index >= 15 is 0 Å². The third-order valence-corrected chi connectivity index (χ3v) is 3.25. The lowest BCUT2D eigenvalue weighted by molar-refractivity contribution is 0.679. The molecule has 0 saturated heterocycles. The molecule has 1 aromatic rings. The summed E-state index contributed by atoms with van der Waals surface area (Å²) in [6.07, 6.45) is 3.37. The Bertz CT molecular complexity index is 312. The lowest BCUT2D eigenvalue weighted by Crippen LogP contribution is -2.20. The maximum absolute atomic E-state index is 11.1. The number of nitrogens with zero attached hydrogens (tertiary/aromatic N) is 1. The zero-order valence-corrected chi connectivity index (χ0v) is 9.17. The van der Waals surface area contributed by atoms with E-state index in [4.69, 9.17) is 5.73 Å². The van der Waals surface area contributed by atoms with E-state index in [9.17, 15) is 4.21 Å². The summed E-state index contributed by atoms with van der Waals surface area (Å²) in [4.78, 5) is 3.94. The Morgan fingerprint density at radius 3 is 2.86 bits per heavy atom. The molecule has 0 spiro atoms. The largest absolute Gasteiger partial charge is 0.384 e. The molecule has 0 aromatic carbocycles. The van der Waals surface area contributed by atoms with Crippen LogP contribution in [-0.2, 0) is 10.8 Å². The van der Waals surface area contributed by atoms with Crippen molar-refractivity contribution in [3.8, 4) is 0 Å². The molecule has 5 heteroatoms. The van der Waals surface area contributed by atoms with Gasteiger partial charge in [0.2, 0.25) is 0 Å². The van der Waals surface area contributed by atoms with Crippen LogP contribution >= 0.6 is 0 Å². The number of pyridine rings is 1. The summed E-state index contributed by atoms with van der Waals surface area (Å²) in [6.45, 7) is 2.61. The lowest BCUT2D eigenvalue weighted by atomic mass is 10.4. The molecule has 0 fully saturated rings. The zero-order chi connectivity index (χ0) is 10.6. The molecule has 0 amide bonds. The van der Waals surface area contributed by atoms with Crippen molar-refractivity contribution in [3.63, 3.8) is 0 Å². The predicted molar refractivity (Wildman–Crippen MR) is 60.7 cm³/mol. The highest BCUT2D eigenvalue weighted by Gasteiger charge is 2.04. The second-order valence-corrected chi connectivity index (χ2v) is 4.96. The highest BCUT2D eigenvalue weighted by Crippen LogP contribution is 2.07. The highest BCUT2D eigenvalue weighted by molar-refractivity contribution is 7.84. The van der Waals surface area contributed by atoms with E-state index in [1.54, 1.807) is 18.5 Å². The van der Waals surface area contributed by atoms with Crippen LogP contribution in [0.1, 0.15) is 6.92 Å². The van der Waals surface area contributed by atoms with Crippen LogP contribution in [0.15, 0.2) is 18.3 Å². The first kappa shape index (κ1) is 11.0. The van der Waals surface area contributed by atoms with Crippen molar-refractivity contribution in [2.75, 3.05) is 23.9 Å². The molecule has 78 valence electrons. The number of aromatic nitrogens is 1. The number of nitrogen functional groups attached to an aromatic ring is 1. The number of nitrogens with one attached hydrogen (secondary N) is 1. The van der Waals surface area contributed by atoms with E-state index in [2.05, 4.69) is 10.3 Å². The first-order valence-electron chi connectivity index (χ1n) is 4.37. The molecule has 1 rings (SSSR count). The van der Waals surface area contributed by atoms with Gasteiger partial charge in [-0.3, -0.25) is 4.21 Å². The van der Waals surface area contributed by atoms with Gasteiger partial charge in [-0.05, 0) is 19.1 Å². The van der Waals surface area contributed by atoms with Gasteiger partial charge < -0.3 is 11.1 Å². The Morgan fingerprint density at radius 1 is 1.64 bits per heavy atom. The van der Waals surface area contributed by atoms with Crippen LogP contribution in [0.2, 0.25) is 0 Å². The van der Waals surface area contributed by atoms with Gasteiger partial charge in [-0.1, -0.05) is 0 Å². The number of anilines is 2. The Labute approximate surface area is 86.4 Å². The Balaban J connectivity index is 2.46. The van der Waals surface area contributed by atoms with Crippen molar-refractivity contribution in [1.29, 1.82) is 0 Å². The van der Waals surface area contributed by atoms with E-state index < -0.39 is 10.8 Å². The molecule has 2 atom stereocenters. The standard InChI is InChI=1S/C9H15N3OS/c1-7(14(2)13)5-11-8-3-4-9(10)12-6-8/h3-4,6-7,11H,5H2,1-2H3,(H2,10,12). The number of nitrogens with two attached hydrogens (primary N) is 1. The van der Waals surface area contributed by atoms with Crippen LogP contribution in [0.4, 0.5) is 11.5 Å². The summed E-state index contributed by atoms with van der Waals surface area (Å²) in [5.74, 6) is 0.502. The first-order valence-corrected chi connectivity index (χ1v) is 5.99. The van der Waals surface area contributed by atoms with E-state index in [1.807, 2.05) is 13.0 Å². The molecule has 14 heavy (non-hydrogen) atoms. The summed E-state index contributed by atoms with van der Waals surface area (Å²) < 4.78 is 11.1. The minimum Gasteiger partial charge on any atom is -0.384 e. The van der Waals surface area contributed by atoms with Crippen LogP contribution in [0.3, 0.4) is 0 Å². The highest BCUT2D eigenvalue weighted by atomic mass is 32.2. The fraction of sp³-hybridized carbons (Fsp3) is 0.444. The molecule has 1 aromatic heterocycles. The molecular formula is C9H15N3OS. The summed E-state index contributed by atoms with van der Waals surface area (Å²) in [5.41, 5.74) is 6.34. The topological polar surface area (TPSA) is 68.0 Å². The van der Waals surface area contributed by atoms with E-state index in [1.165, 1.54) is 0 Å². The normalized spacial score (nSPS) is 14.7. The fourth-order valence-corrected chi connectivity index (χ4v) is 1.21. The van der Waals surface area contributed by atoms with Crippen LogP contribution in [0, 0.1) is 0 Å². The maximum Gasteiger partial charge on any atom is 0.123 e. The summed E-state index contributed by atoms with van der Waals surface area (Å²) in [5, 5.41) is 3.27.